The number of nitrogens with zero attached hydrogens (tertiary/aromatic N) is 2. The van der Waals surface area contributed by atoms with E-state index in [1.54, 1.807) is 20.3 Å². The van der Waals surface area contributed by atoms with Crippen molar-refractivity contribution in [3.63, 3.8) is 0 Å². The largest absolute Gasteiger partial charge is 0.493 e. The maximum atomic E-state index is 13.4. The van der Waals surface area contributed by atoms with E-state index in [9.17, 15) is 9.18 Å². The van der Waals surface area contributed by atoms with Crippen LogP contribution in [0, 0.1) is 11.7 Å². The molecular weight excluding hydrogens is 411 g/mol. The summed E-state index contributed by atoms with van der Waals surface area (Å²) in [6, 6.07) is 8.37. The normalized spacial score (nSPS) is 19.8. The van der Waals surface area contributed by atoms with Gasteiger partial charge in [0.15, 0.2) is 22.9 Å². The maximum absolute atomic E-state index is 13.4. The van der Waals surface area contributed by atoms with Crippen LogP contribution in [-0.4, -0.2) is 49.7 Å². The molecule has 0 amide bonds. The van der Waals surface area contributed by atoms with E-state index in [2.05, 4.69) is 10.1 Å². The summed E-state index contributed by atoms with van der Waals surface area (Å²) in [7, 11) is 3.20. The summed E-state index contributed by atoms with van der Waals surface area (Å²) in [5.41, 5.74) is 3.24. The predicted octanol–water partition coefficient (Wildman–Crippen LogP) is 4.61. The molecule has 1 aliphatic heterocycles. The van der Waals surface area contributed by atoms with Crippen molar-refractivity contribution in [1.29, 1.82) is 0 Å². The van der Waals surface area contributed by atoms with Crippen LogP contribution >= 0.6 is 0 Å². The smallest absolute Gasteiger partial charge is 0.170 e. The lowest BCUT2D eigenvalue weighted by molar-refractivity contribution is 0.0920. The minimum atomic E-state index is -0.310. The van der Waals surface area contributed by atoms with Gasteiger partial charge in [0.2, 0.25) is 0 Å². The average molecular weight is 438 g/mol. The first-order valence-electron chi connectivity index (χ1n) is 11.1. The van der Waals surface area contributed by atoms with E-state index in [1.165, 1.54) is 12.1 Å². The van der Waals surface area contributed by atoms with Gasteiger partial charge in [-0.2, -0.15) is 0 Å². The lowest BCUT2D eigenvalue weighted by Crippen LogP contribution is -2.38. The third-order valence-electron chi connectivity index (χ3n) is 6.85. The first kappa shape index (κ1) is 20.9. The lowest BCUT2D eigenvalue weighted by Gasteiger charge is -2.35. The van der Waals surface area contributed by atoms with Crippen LogP contribution in [0.4, 0.5) is 4.39 Å². The van der Waals surface area contributed by atoms with Gasteiger partial charge < -0.3 is 18.9 Å². The molecule has 0 bridgehead atoms. The summed E-state index contributed by atoms with van der Waals surface area (Å²) in [6.07, 6.45) is 3.37. The number of hydrogen-bond donors (Lipinski definition) is 0. The van der Waals surface area contributed by atoms with Crippen molar-refractivity contribution in [2.24, 2.45) is 5.92 Å². The Hall–Kier alpha value is -2.93. The number of carbonyl (C=O) groups excluding carboxylic acids is 1. The summed E-state index contributed by atoms with van der Waals surface area (Å²) in [5.74, 6) is 1.73. The number of Topliss-reactive ketones (excluding diaryl/α,β-unsaturated/α-hetero) is 1. The average Bonchev–Trinajstić information content (AvgIpc) is 3.21. The SMILES string of the molecule is COc1cc2c(cc1OC)C(=O)C[C@@H](CN1CCC(c3noc4cc(F)ccc34)CC1)C2. The van der Waals surface area contributed by atoms with E-state index in [-0.39, 0.29) is 11.6 Å². The second kappa shape index (κ2) is 8.54. The highest BCUT2D eigenvalue weighted by atomic mass is 19.1. The number of halogens is 1. The van der Waals surface area contributed by atoms with E-state index in [4.69, 9.17) is 14.0 Å². The molecule has 0 spiro atoms. The number of aromatic nitrogens is 1. The van der Waals surface area contributed by atoms with Crippen molar-refractivity contribution < 1.29 is 23.2 Å². The Bertz CT molecular complexity index is 1150. The number of fused-ring (bicyclic) bond motifs is 2. The van der Waals surface area contributed by atoms with Crippen molar-refractivity contribution in [2.45, 2.75) is 31.6 Å². The van der Waals surface area contributed by atoms with Crippen molar-refractivity contribution in [1.82, 2.24) is 10.1 Å². The fraction of sp³-hybridized carbons (Fsp3) is 0.440. The van der Waals surface area contributed by atoms with Gasteiger partial charge in [-0.05, 0) is 68.1 Å². The Kier molecular flexibility index (Phi) is 5.59. The third kappa shape index (κ3) is 3.86. The van der Waals surface area contributed by atoms with Crippen LogP contribution in [0.15, 0.2) is 34.9 Å². The predicted molar refractivity (Wildman–Crippen MR) is 118 cm³/mol. The molecule has 2 aliphatic rings. The Morgan fingerprint density at radius 2 is 1.84 bits per heavy atom. The zero-order valence-corrected chi connectivity index (χ0v) is 18.4. The molecule has 0 radical (unpaired) electrons. The molecule has 168 valence electrons. The van der Waals surface area contributed by atoms with Gasteiger partial charge in [-0.1, -0.05) is 5.16 Å². The Balaban J connectivity index is 1.23. The highest BCUT2D eigenvalue weighted by Crippen LogP contribution is 2.37. The number of hydrogen-bond acceptors (Lipinski definition) is 6. The van der Waals surface area contributed by atoms with Crippen molar-refractivity contribution in [3.05, 3.63) is 53.0 Å². The van der Waals surface area contributed by atoms with E-state index < -0.39 is 0 Å². The molecule has 0 N–H and O–H groups in total. The lowest BCUT2D eigenvalue weighted by atomic mass is 9.82. The highest BCUT2D eigenvalue weighted by Gasteiger charge is 2.31. The van der Waals surface area contributed by atoms with Gasteiger partial charge in [-0.3, -0.25) is 4.79 Å². The Morgan fingerprint density at radius 3 is 2.59 bits per heavy atom. The van der Waals surface area contributed by atoms with Crippen LogP contribution in [0.2, 0.25) is 0 Å². The van der Waals surface area contributed by atoms with Crippen LogP contribution in [0.25, 0.3) is 11.0 Å². The third-order valence-corrected chi connectivity index (χ3v) is 6.85. The maximum Gasteiger partial charge on any atom is 0.170 e. The monoisotopic (exact) mass is 438 g/mol. The number of ether oxygens (including phenoxy) is 2. The summed E-state index contributed by atoms with van der Waals surface area (Å²) in [5, 5.41) is 5.15. The summed E-state index contributed by atoms with van der Waals surface area (Å²) in [4.78, 5) is 15.2. The molecule has 0 unspecified atom stereocenters. The molecule has 1 aromatic heterocycles. The highest BCUT2D eigenvalue weighted by molar-refractivity contribution is 5.99. The molecule has 1 atom stereocenters. The molecule has 1 aliphatic carbocycles. The molecule has 3 aromatic rings. The van der Waals surface area contributed by atoms with Gasteiger partial charge in [-0.25, -0.2) is 4.39 Å². The molecule has 2 aromatic carbocycles. The molecule has 6 nitrogen and oxygen atoms in total. The standard InChI is InChI=1S/C25H27FN2O4/c1-30-23-11-17-9-15(10-21(29)20(17)13-24(23)31-2)14-28-7-5-16(6-8-28)25-19-4-3-18(26)12-22(19)32-27-25/h3-4,11-13,15-16H,5-10,14H2,1-2H3/t15-/m0/s1. The zero-order valence-electron chi connectivity index (χ0n) is 18.4. The first-order chi connectivity index (χ1) is 15.6. The Morgan fingerprint density at radius 1 is 1.09 bits per heavy atom. The second-order valence-electron chi connectivity index (χ2n) is 8.84. The van der Waals surface area contributed by atoms with E-state index in [0.29, 0.717) is 35.3 Å². The first-order valence-corrected chi connectivity index (χ1v) is 11.1. The van der Waals surface area contributed by atoms with E-state index >= 15 is 0 Å². The second-order valence-corrected chi connectivity index (χ2v) is 8.84. The molecule has 0 saturated carbocycles. The molecule has 7 heteroatoms. The van der Waals surface area contributed by atoms with Gasteiger partial charge in [0.1, 0.15) is 5.82 Å². The molecule has 5 rings (SSSR count). The van der Waals surface area contributed by atoms with Crippen LogP contribution in [-0.2, 0) is 6.42 Å². The minimum absolute atomic E-state index is 0.174. The summed E-state index contributed by atoms with van der Waals surface area (Å²) >= 11 is 0. The fourth-order valence-electron chi connectivity index (χ4n) is 5.21. The minimum Gasteiger partial charge on any atom is -0.493 e. The van der Waals surface area contributed by atoms with Gasteiger partial charge in [-0.15, -0.1) is 0 Å². The van der Waals surface area contributed by atoms with E-state index in [1.807, 2.05) is 12.1 Å². The number of methoxy groups -OCH3 is 2. The van der Waals surface area contributed by atoms with Crippen molar-refractivity contribution >= 4 is 16.8 Å². The van der Waals surface area contributed by atoms with Crippen LogP contribution in [0.1, 0.15) is 46.8 Å². The van der Waals surface area contributed by atoms with Gasteiger partial charge >= 0.3 is 0 Å². The zero-order chi connectivity index (χ0) is 22.2. The topological polar surface area (TPSA) is 64.8 Å². The number of benzene rings is 2. The molecule has 1 saturated heterocycles. The quantitative estimate of drug-likeness (QED) is 0.580. The van der Waals surface area contributed by atoms with Crippen LogP contribution < -0.4 is 9.47 Å². The van der Waals surface area contributed by atoms with Crippen LogP contribution in [0.5, 0.6) is 11.5 Å². The molecule has 1 fully saturated rings. The Labute approximate surface area is 186 Å². The fourth-order valence-corrected chi connectivity index (χ4v) is 5.21. The van der Waals surface area contributed by atoms with Gasteiger partial charge in [0.25, 0.3) is 0 Å². The molecule has 2 heterocycles. The van der Waals surface area contributed by atoms with Crippen molar-refractivity contribution in [3.8, 4) is 11.5 Å². The number of piperidine rings is 1. The molecular formula is C25H27FN2O4. The summed E-state index contributed by atoms with van der Waals surface area (Å²) < 4.78 is 29.6. The number of likely N-dealkylation sites (tertiary alicyclic amines) is 1. The van der Waals surface area contributed by atoms with E-state index in [0.717, 1.165) is 61.1 Å². The summed E-state index contributed by atoms with van der Waals surface area (Å²) in [6.45, 7) is 2.80. The van der Waals surface area contributed by atoms with Crippen LogP contribution in [0.3, 0.4) is 0 Å². The number of rotatable bonds is 5. The van der Waals surface area contributed by atoms with Crippen molar-refractivity contribution in [2.75, 3.05) is 33.9 Å². The van der Waals surface area contributed by atoms with Gasteiger partial charge in [0.05, 0.1) is 19.9 Å². The number of ketones is 1. The van der Waals surface area contributed by atoms with Gasteiger partial charge in [0, 0.05) is 35.9 Å². The number of carbonyl (C=O) groups is 1. The molecule has 32 heavy (non-hydrogen) atoms.